The van der Waals surface area contributed by atoms with Crippen molar-refractivity contribution in [1.82, 2.24) is 0 Å². The van der Waals surface area contributed by atoms with Crippen LogP contribution in [0, 0.1) is 5.92 Å². The first kappa shape index (κ1) is 16.3. The van der Waals surface area contributed by atoms with Crippen LogP contribution in [0.3, 0.4) is 0 Å². The molecule has 0 aliphatic heterocycles. The van der Waals surface area contributed by atoms with Gasteiger partial charge in [0.05, 0.1) is 12.7 Å². The van der Waals surface area contributed by atoms with E-state index < -0.39 is 0 Å². The van der Waals surface area contributed by atoms with E-state index in [1.807, 2.05) is 18.2 Å². The first-order valence-corrected chi connectivity index (χ1v) is 8.12. The molecule has 0 aromatic heterocycles. The van der Waals surface area contributed by atoms with Crippen LogP contribution in [-0.2, 0) is 11.2 Å². The Morgan fingerprint density at radius 3 is 2.57 bits per heavy atom. The zero-order valence-electron chi connectivity index (χ0n) is 13.6. The molecule has 3 nitrogen and oxygen atoms in total. The van der Waals surface area contributed by atoms with Gasteiger partial charge in [0.2, 0.25) is 0 Å². The van der Waals surface area contributed by atoms with Gasteiger partial charge in [-0.3, -0.25) is 0 Å². The molecule has 2 N–H and O–H groups in total. The van der Waals surface area contributed by atoms with Crippen LogP contribution in [-0.4, -0.2) is 25.4 Å². The van der Waals surface area contributed by atoms with E-state index in [4.69, 9.17) is 15.2 Å². The Bertz CT molecular complexity index is 439. The lowest BCUT2D eigenvalue weighted by molar-refractivity contribution is -0.0884. The Morgan fingerprint density at radius 2 is 1.95 bits per heavy atom. The van der Waals surface area contributed by atoms with Crippen molar-refractivity contribution in [2.45, 2.75) is 57.6 Å². The summed E-state index contributed by atoms with van der Waals surface area (Å²) in [6, 6.07) is 8.15. The Morgan fingerprint density at radius 1 is 1.29 bits per heavy atom. The molecule has 0 radical (unpaired) electrons. The van der Waals surface area contributed by atoms with Crippen molar-refractivity contribution in [3.05, 3.63) is 29.8 Å². The van der Waals surface area contributed by atoms with Crippen molar-refractivity contribution >= 4 is 0 Å². The summed E-state index contributed by atoms with van der Waals surface area (Å²) in [6.07, 6.45) is 5.36. The molecule has 1 unspecified atom stereocenters. The summed E-state index contributed by atoms with van der Waals surface area (Å²) in [5.41, 5.74) is 7.60. The van der Waals surface area contributed by atoms with Crippen molar-refractivity contribution in [3.63, 3.8) is 0 Å². The number of nitrogens with two attached hydrogens (primary N) is 1. The maximum absolute atomic E-state index is 6.59. The van der Waals surface area contributed by atoms with Gasteiger partial charge in [-0.15, -0.1) is 0 Å². The van der Waals surface area contributed by atoms with Crippen molar-refractivity contribution in [2.24, 2.45) is 11.7 Å². The molecule has 1 fully saturated rings. The van der Waals surface area contributed by atoms with E-state index in [2.05, 4.69) is 19.9 Å². The average Bonchev–Trinajstić information content (AvgIpc) is 2.50. The molecule has 1 aromatic rings. The maximum Gasteiger partial charge on any atom is 0.122 e. The minimum absolute atomic E-state index is 0.0150. The zero-order chi connectivity index (χ0) is 15.3. The molecule has 1 aliphatic rings. The van der Waals surface area contributed by atoms with Crippen molar-refractivity contribution in [1.29, 1.82) is 0 Å². The highest BCUT2D eigenvalue weighted by Gasteiger charge is 2.40. The minimum Gasteiger partial charge on any atom is -0.496 e. The molecule has 21 heavy (non-hydrogen) atoms. The second-order valence-electron chi connectivity index (χ2n) is 6.30. The predicted octanol–water partition coefficient (Wildman–Crippen LogP) is 3.55. The topological polar surface area (TPSA) is 44.5 Å². The normalized spacial score (nSPS) is 27.3. The highest BCUT2D eigenvalue weighted by molar-refractivity contribution is 5.34. The average molecular weight is 291 g/mol. The summed E-state index contributed by atoms with van der Waals surface area (Å²) >= 11 is 0. The van der Waals surface area contributed by atoms with Gasteiger partial charge < -0.3 is 15.2 Å². The van der Waals surface area contributed by atoms with Crippen LogP contribution in [0.1, 0.15) is 45.1 Å². The number of methoxy groups -OCH3 is 1. The molecule has 1 atom stereocenters. The van der Waals surface area contributed by atoms with E-state index in [0.717, 1.165) is 37.5 Å². The van der Waals surface area contributed by atoms with Crippen molar-refractivity contribution in [2.75, 3.05) is 13.7 Å². The molecule has 118 valence electrons. The van der Waals surface area contributed by atoms with Crippen molar-refractivity contribution < 1.29 is 9.47 Å². The zero-order valence-corrected chi connectivity index (χ0v) is 13.6. The molecule has 3 heteroatoms. The molecule has 0 amide bonds. The first-order valence-electron chi connectivity index (χ1n) is 8.12. The van der Waals surface area contributed by atoms with Gasteiger partial charge in [-0.25, -0.2) is 0 Å². The summed E-state index contributed by atoms with van der Waals surface area (Å²) in [6.45, 7) is 5.12. The standard InChI is InChI=1S/C18H29NO2/c1-4-21-18(11-9-14(2)10-12-18)17(19)13-15-7-5-6-8-16(15)20-3/h5-8,14,17H,4,9-13,19H2,1-3H3. The number of hydrogen-bond donors (Lipinski definition) is 1. The molecule has 0 saturated heterocycles. The van der Waals surface area contributed by atoms with Crippen LogP contribution in [0.5, 0.6) is 5.75 Å². The molecular formula is C18H29NO2. The van der Waals surface area contributed by atoms with Gasteiger partial charge in [-0.05, 0) is 56.6 Å². The van der Waals surface area contributed by atoms with E-state index in [-0.39, 0.29) is 11.6 Å². The molecular weight excluding hydrogens is 262 g/mol. The molecule has 1 aromatic carbocycles. The predicted molar refractivity (Wildman–Crippen MR) is 86.7 cm³/mol. The van der Waals surface area contributed by atoms with E-state index in [1.54, 1.807) is 7.11 Å². The Hall–Kier alpha value is -1.06. The summed E-state index contributed by atoms with van der Waals surface area (Å²) in [7, 11) is 1.71. The molecule has 1 aliphatic carbocycles. The second-order valence-corrected chi connectivity index (χ2v) is 6.30. The summed E-state index contributed by atoms with van der Waals surface area (Å²) < 4.78 is 11.6. The quantitative estimate of drug-likeness (QED) is 0.871. The van der Waals surface area contributed by atoms with Crippen LogP contribution in [0.15, 0.2) is 24.3 Å². The lowest BCUT2D eigenvalue weighted by atomic mass is 9.74. The van der Waals surface area contributed by atoms with Gasteiger partial charge in [0.15, 0.2) is 0 Å². The SMILES string of the molecule is CCOC1(C(N)Cc2ccccc2OC)CCC(C)CC1. The maximum atomic E-state index is 6.59. The number of rotatable bonds is 6. The number of benzene rings is 1. The lowest BCUT2D eigenvalue weighted by Crippen LogP contribution is -2.53. The van der Waals surface area contributed by atoms with Gasteiger partial charge in [0, 0.05) is 12.6 Å². The van der Waals surface area contributed by atoms with E-state index in [0.29, 0.717) is 0 Å². The minimum atomic E-state index is -0.165. The second kappa shape index (κ2) is 7.28. The van der Waals surface area contributed by atoms with Crippen LogP contribution in [0.25, 0.3) is 0 Å². The van der Waals surface area contributed by atoms with E-state index in [1.165, 1.54) is 18.4 Å². The highest BCUT2D eigenvalue weighted by atomic mass is 16.5. The number of para-hydroxylation sites is 1. The first-order chi connectivity index (χ1) is 10.1. The monoisotopic (exact) mass is 291 g/mol. The molecule has 2 rings (SSSR count). The molecule has 0 bridgehead atoms. The Labute approximate surface area is 128 Å². The van der Waals surface area contributed by atoms with Gasteiger partial charge in [-0.2, -0.15) is 0 Å². The molecule has 1 saturated carbocycles. The van der Waals surface area contributed by atoms with Crippen LogP contribution < -0.4 is 10.5 Å². The fourth-order valence-corrected chi connectivity index (χ4v) is 3.45. The summed E-state index contributed by atoms with van der Waals surface area (Å²) in [5, 5.41) is 0. The Balaban J connectivity index is 2.13. The molecule has 0 heterocycles. The summed E-state index contributed by atoms with van der Waals surface area (Å²) in [4.78, 5) is 0. The van der Waals surface area contributed by atoms with Crippen LogP contribution in [0.2, 0.25) is 0 Å². The smallest absolute Gasteiger partial charge is 0.122 e. The van der Waals surface area contributed by atoms with Crippen molar-refractivity contribution in [3.8, 4) is 5.75 Å². The fraction of sp³-hybridized carbons (Fsp3) is 0.667. The third-order valence-corrected chi connectivity index (χ3v) is 4.86. The van der Waals surface area contributed by atoms with E-state index in [9.17, 15) is 0 Å². The summed E-state index contributed by atoms with van der Waals surface area (Å²) in [5.74, 6) is 1.71. The third-order valence-electron chi connectivity index (χ3n) is 4.86. The molecule has 0 spiro atoms. The van der Waals surface area contributed by atoms with Gasteiger partial charge in [0.1, 0.15) is 5.75 Å². The van der Waals surface area contributed by atoms with E-state index >= 15 is 0 Å². The highest BCUT2D eigenvalue weighted by Crippen LogP contribution is 2.38. The van der Waals surface area contributed by atoms with Gasteiger partial charge >= 0.3 is 0 Å². The van der Waals surface area contributed by atoms with Crippen LogP contribution in [0.4, 0.5) is 0 Å². The van der Waals surface area contributed by atoms with Crippen LogP contribution >= 0.6 is 0 Å². The third kappa shape index (κ3) is 3.78. The number of ether oxygens (including phenoxy) is 2. The van der Waals surface area contributed by atoms with Gasteiger partial charge in [0.25, 0.3) is 0 Å². The lowest BCUT2D eigenvalue weighted by Gasteiger charge is -2.43. The Kier molecular flexibility index (Phi) is 5.65. The number of hydrogen-bond acceptors (Lipinski definition) is 3. The fourth-order valence-electron chi connectivity index (χ4n) is 3.45. The largest absolute Gasteiger partial charge is 0.496 e. The van der Waals surface area contributed by atoms with Gasteiger partial charge in [-0.1, -0.05) is 25.1 Å².